The molecule has 2 N–H and O–H groups in total. The summed E-state index contributed by atoms with van der Waals surface area (Å²) in [4.78, 5) is 2.44. The molecule has 2 unspecified atom stereocenters. The average Bonchev–Trinajstić information content (AvgIpc) is 2.64. The van der Waals surface area contributed by atoms with Crippen LogP contribution in [0.1, 0.15) is 31.4 Å². The molecule has 2 rings (SSSR count). The maximum absolute atomic E-state index is 6.32. The summed E-state index contributed by atoms with van der Waals surface area (Å²) in [6.45, 7) is 5.80. The van der Waals surface area contributed by atoms with Gasteiger partial charge in [-0.05, 0) is 12.8 Å². The van der Waals surface area contributed by atoms with Crippen molar-refractivity contribution in [3.8, 4) is 0 Å². The fourth-order valence-corrected chi connectivity index (χ4v) is 2.59. The Labute approximate surface area is 109 Å². The van der Waals surface area contributed by atoms with Crippen molar-refractivity contribution in [1.82, 2.24) is 14.7 Å². The van der Waals surface area contributed by atoms with Crippen LogP contribution in [-0.2, 0) is 11.8 Å². The molecule has 1 aliphatic heterocycles. The highest BCUT2D eigenvalue weighted by atomic mass is 16.5. The van der Waals surface area contributed by atoms with Crippen LogP contribution in [-0.4, -0.2) is 47.0 Å². The molecular weight excluding hydrogens is 228 g/mol. The van der Waals surface area contributed by atoms with E-state index in [2.05, 4.69) is 23.1 Å². The van der Waals surface area contributed by atoms with Gasteiger partial charge >= 0.3 is 0 Å². The summed E-state index contributed by atoms with van der Waals surface area (Å²) in [5.41, 5.74) is 7.54. The quantitative estimate of drug-likeness (QED) is 0.866. The van der Waals surface area contributed by atoms with Crippen molar-refractivity contribution in [3.05, 3.63) is 18.0 Å². The number of nitrogens with two attached hydrogens (primary N) is 1. The molecule has 0 amide bonds. The van der Waals surface area contributed by atoms with Crippen molar-refractivity contribution in [2.24, 2.45) is 12.8 Å². The fraction of sp³-hybridized carbons (Fsp3) is 0.769. The average molecular weight is 252 g/mol. The zero-order chi connectivity index (χ0) is 13.0. The Balaban J connectivity index is 2.18. The third-order valence-corrected chi connectivity index (χ3v) is 3.59. The predicted molar refractivity (Wildman–Crippen MR) is 71.2 cm³/mol. The third kappa shape index (κ3) is 3.10. The minimum absolute atomic E-state index is 0.146. The summed E-state index contributed by atoms with van der Waals surface area (Å²) in [5.74, 6) is 0. The molecule has 5 heteroatoms. The normalized spacial score (nSPS) is 21.5. The lowest BCUT2D eigenvalue weighted by Crippen LogP contribution is -2.42. The first kappa shape index (κ1) is 13.5. The van der Waals surface area contributed by atoms with Gasteiger partial charge in [-0.3, -0.25) is 9.58 Å². The van der Waals surface area contributed by atoms with E-state index in [1.807, 2.05) is 17.9 Å². The largest absolute Gasteiger partial charge is 0.380 e. The molecule has 0 bridgehead atoms. The lowest BCUT2D eigenvalue weighted by Gasteiger charge is -2.33. The van der Waals surface area contributed by atoms with E-state index in [0.717, 1.165) is 39.1 Å². The molecule has 1 aromatic heterocycles. The van der Waals surface area contributed by atoms with Crippen LogP contribution in [0.5, 0.6) is 0 Å². The summed E-state index contributed by atoms with van der Waals surface area (Å²) >= 11 is 0. The van der Waals surface area contributed by atoms with Gasteiger partial charge in [0, 0.05) is 44.5 Å². The van der Waals surface area contributed by atoms with Crippen LogP contribution < -0.4 is 5.73 Å². The van der Waals surface area contributed by atoms with E-state index in [0.29, 0.717) is 0 Å². The Morgan fingerprint density at radius 3 is 2.94 bits per heavy atom. The molecule has 0 aromatic carbocycles. The monoisotopic (exact) mass is 252 g/mol. The number of nitrogens with zero attached hydrogens (tertiary/aromatic N) is 3. The van der Waals surface area contributed by atoms with E-state index in [4.69, 9.17) is 10.5 Å². The molecule has 5 nitrogen and oxygen atoms in total. The zero-order valence-corrected chi connectivity index (χ0v) is 11.4. The minimum Gasteiger partial charge on any atom is -0.380 e. The number of hydrogen-bond donors (Lipinski definition) is 1. The Kier molecular flexibility index (Phi) is 4.74. The van der Waals surface area contributed by atoms with E-state index >= 15 is 0 Å². The Morgan fingerprint density at radius 2 is 2.28 bits per heavy atom. The molecular formula is C13H24N4O. The van der Waals surface area contributed by atoms with Gasteiger partial charge in [-0.2, -0.15) is 5.10 Å². The van der Waals surface area contributed by atoms with Gasteiger partial charge in [0.05, 0.1) is 18.8 Å². The third-order valence-electron chi connectivity index (χ3n) is 3.59. The summed E-state index contributed by atoms with van der Waals surface area (Å²) in [5, 5.41) is 4.28. The van der Waals surface area contributed by atoms with E-state index < -0.39 is 0 Å². The number of aromatic nitrogens is 2. The molecule has 1 aliphatic rings. The zero-order valence-electron chi connectivity index (χ0n) is 11.4. The second-order valence-corrected chi connectivity index (χ2v) is 4.97. The molecule has 0 radical (unpaired) electrons. The number of rotatable bonds is 4. The molecule has 1 aromatic rings. The first-order chi connectivity index (χ1) is 8.72. The van der Waals surface area contributed by atoms with Crippen molar-refractivity contribution in [2.45, 2.75) is 31.8 Å². The summed E-state index contributed by atoms with van der Waals surface area (Å²) in [6, 6.07) is 0.401. The van der Waals surface area contributed by atoms with Crippen LogP contribution in [0.25, 0.3) is 0 Å². The first-order valence-corrected chi connectivity index (χ1v) is 6.78. The molecule has 0 spiro atoms. The summed E-state index contributed by atoms with van der Waals surface area (Å²) in [6.07, 6.45) is 6.06. The fourth-order valence-electron chi connectivity index (χ4n) is 2.59. The highest BCUT2D eigenvalue weighted by molar-refractivity contribution is 5.13. The van der Waals surface area contributed by atoms with Gasteiger partial charge in [-0.25, -0.2) is 0 Å². The highest BCUT2D eigenvalue weighted by Crippen LogP contribution is 2.25. The van der Waals surface area contributed by atoms with Crippen molar-refractivity contribution < 1.29 is 4.74 Å². The second kappa shape index (κ2) is 6.31. The van der Waals surface area contributed by atoms with Crippen LogP contribution in [0.3, 0.4) is 0 Å². The Bertz CT molecular complexity index is 358. The van der Waals surface area contributed by atoms with Gasteiger partial charge in [0.15, 0.2) is 0 Å². The second-order valence-electron chi connectivity index (χ2n) is 4.97. The smallest absolute Gasteiger partial charge is 0.0593 e. The standard InChI is InChI=1S/C13H24N4O/c1-3-12(14)13(11-9-15-16(2)10-11)17-5-4-7-18-8-6-17/h9-10,12-13H,3-8,14H2,1-2H3. The Morgan fingerprint density at radius 1 is 1.44 bits per heavy atom. The van der Waals surface area contributed by atoms with E-state index in [9.17, 15) is 0 Å². The number of aryl methyl sites for hydroxylation is 1. The van der Waals surface area contributed by atoms with Crippen LogP contribution >= 0.6 is 0 Å². The number of hydrogen-bond acceptors (Lipinski definition) is 4. The molecule has 2 heterocycles. The molecule has 102 valence electrons. The maximum Gasteiger partial charge on any atom is 0.0593 e. The van der Waals surface area contributed by atoms with E-state index in [-0.39, 0.29) is 12.1 Å². The topological polar surface area (TPSA) is 56.3 Å². The molecule has 1 fully saturated rings. The van der Waals surface area contributed by atoms with Gasteiger partial charge in [0.25, 0.3) is 0 Å². The van der Waals surface area contributed by atoms with E-state index in [1.54, 1.807) is 0 Å². The molecule has 0 saturated carbocycles. The van der Waals surface area contributed by atoms with Gasteiger partial charge < -0.3 is 10.5 Å². The molecule has 1 saturated heterocycles. The predicted octanol–water partition coefficient (Wildman–Crippen LogP) is 0.921. The van der Waals surface area contributed by atoms with Gasteiger partial charge in [-0.15, -0.1) is 0 Å². The highest BCUT2D eigenvalue weighted by Gasteiger charge is 2.27. The lowest BCUT2D eigenvalue weighted by molar-refractivity contribution is 0.125. The SMILES string of the molecule is CCC(N)C(c1cnn(C)c1)N1CCCOCC1. The molecule has 18 heavy (non-hydrogen) atoms. The summed E-state index contributed by atoms with van der Waals surface area (Å²) < 4.78 is 7.37. The van der Waals surface area contributed by atoms with Crippen molar-refractivity contribution in [3.63, 3.8) is 0 Å². The Hall–Kier alpha value is -0.910. The van der Waals surface area contributed by atoms with Gasteiger partial charge in [0.1, 0.15) is 0 Å². The number of ether oxygens (including phenoxy) is 1. The first-order valence-electron chi connectivity index (χ1n) is 6.78. The van der Waals surface area contributed by atoms with Gasteiger partial charge in [-0.1, -0.05) is 6.92 Å². The van der Waals surface area contributed by atoms with Crippen LogP contribution in [0.15, 0.2) is 12.4 Å². The summed E-state index contributed by atoms with van der Waals surface area (Å²) in [7, 11) is 1.95. The van der Waals surface area contributed by atoms with Crippen LogP contribution in [0.4, 0.5) is 0 Å². The van der Waals surface area contributed by atoms with Crippen molar-refractivity contribution >= 4 is 0 Å². The molecule has 0 aliphatic carbocycles. The van der Waals surface area contributed by atoms with Crippen molar-refractivity contribution in [2.75, 3.05) is 26.3 Å². The molecule has 2 atom stereocenters. The van der Waals surface area contributed by atoms with Gasteiger partial charge in [0.2, 0.25) is 0 Å². The maximum atomic E-state index is 6.32. The van der Waals surface area contributed by atoms with Crippen molar-refractivity contribution in [1.29, 1.82) is 0 Å². The van der Waals surface area contributed by atoms with Crippen LogP contribution in [0, 0.1) is 0 Å². The van der Waals surface area contributed by atoms with E-state index in [1.165, 1.54) is 5.56 Å². The lowest BCUT2D eigenvalue weighted by atomic mass is 9.99. The minimum atomic E-state index is 0.146. The van der Waals surface area contributed by atoms with Crippen LogP contribution in [0.2, 0.25) is 0 Å².